The van der Waals surface area contributed by atoms with Gasteiger partial charge in [-0.2, -0.15) is 0 Å². The van der Waals surface area contributed by atoms with Crippen molar-refractivity contribution in [2.45, 2.75) is 0 Å². The van der Waals surface area contributed by atoms with Gasteiger partial charge in [-0.3, -0.25) is 0 Å². The molecule has 0 unspecified atom stereocenters. The highest BCUT2D eigenvalue weighted by Gasteiger charge is 2.10. The molecular weight excluding hydrogens is 351 g/mol. The first-order valence-corrected chi connectivity index (χ1v) is 8.10. The van der Waals surface area contributed by atoms with Gasteiger partial charge in [-0.15, -0.1) is 12.4 Å². The summed E-state index contributed by atoms with van der Waals surface area (Å²) < 4.78 is 0. The molecule has 124 valence electrons. The summed E-state index contributed by atoms with van der Waals surface area (Å²) in [6.45, 7) is 0. The molecule has 0 atom stereocenters. The number of nitrogen functional groups attached to an aromatic ring is 1. The number of nitrogens with two attached hydrogens (primary N) is 1. The van der Waals surface area contributed by atoms with E-state index in [1.54, 1.807) is 0 Å². The van der Waals surface area contributed by atoms with E-state index in [0.29, 0.717) is 5.02 Å². The third-order valence-corrected chi connectivity index (χ3v) is 4.30. The highest BCUT2D eigenvalue weighted by Crippen LogP contribution is 2.33. The van der Waals surface area contributed by atoms with Crippen molar-refractivity contribution >= 4 is 40.6 Å². The molecular formula is C21H16Cl2N2. The monoisotopic (exact) mass is 366 g/mol. The van der Waals surface area contributed by atoms with Crippen LogP contribution < -0.4 is 5.73 Å². The van der Waals surface area contributed by atoms with Gasteiger partial charge in [-0.1, -0.05) is 54.1 Å². The number of rotatable bonds is 2. The van der Waals surface area contributed by atoms with E-state index < -0.39 is 0 Å². The Morgan fingerprint density at radius 3 is 2.20 bits per heavy atom. The zero-order valence-corrected chi connectivity index (χ0v) is 14.9. The number of halogens is 2. The Kier molecular flexibility index (Phi) is 4.93. The number of anilines is 1. The fraction of sp³-hybridized carbons (Fsp3) is 0. The third kappa shape index (κ3) is 3.46. The predicted molar refractivity (Wildman–Crippen MR) is 109 cm³/mol. The van der Waals surface area contributed by atoms with E-state index in [-0.39, 0.29) is 12.4 Å². The van der Waals surface area contributed by atoms with Crippen molar-refractivity contribution in [3.8, 4) is 22.4 Å². The highest BCUT2D eigenvalue weighted by molar-refractivity contribution is 6.31. The van der Waals surface area contributed by atoms with Crippen molar-refractivity contribution in [2.24, 2.45) is 0 Å². The number of hydrogen-bond donors (Lipinski definition) is 1. The second-order valence-corrected chi connectivity index (χ2v) is 6.14. The maximum Gasteiger partial charge on any atom is 0.0716 e. The van der Waals surface area contributed by atoms with Crippen molar-refractivity contribution in [3.63, 3.8) is 0 Å². The van der Waals surface area contributed by atoms with Crippen LogP contribution in [0.25, 0.3) is 33.3 Å². The van der Waals surface area contributed by atoms with Crippen molar-refractivity contribution in [2.75, 3.05) is 5.73 Å². The Bertz CT molecular complexity index is 1010. The van der Waals surface area contributed by atoms with Crippen LogP contribution >= 0.6 is 24.0 Å². The number of nitrogens with zero attached hydrogens (tertiary/aromatic N) is 1. The lowest BCUT2D eigenvalue weighted by atomic mass is 9.98. The molecule has 0 aliphatic heterocycles. The average molecular weight is 367 g/mol. The highest BCUT2D eigenvalue weighted by atomic mass is 35.5. The summed E-state index contributed by atoms with van der Waals surface area (Å²) in [6.07, 6.45) is 0. The van der Waals surface area contributed by atoms with E-state index in [1.165, 1.54) is 0 Å². The Morgan fingerprint density at radius 2 is 1.48 bits per heavy atom. The van der Waals surface area contributed by atoms with Crippen LogP contribution in [0.2, 0.25) is 5.02 Å². The van der Waals surface area contributed by atoms with Gasteiger partial charge in [0.1, 0.15) is 0 Å². The topological polar surface area (TPSA) is 38.9 Å². The number of fused-ring (bicyclic) bond motifs is 1. The van der Waals surface area contributed by atoms with Crippen molar-refractivity contribution in [3.05, 3.63) is 83.9 Å². The fourth-order valence-corrected chi connectivity index (χ4v) is 3.03. The fourth-order valence-electron chi connectivity index (χ4n) is 2.86. The van der Waals surface area contributed by atoms with Crippen LogP contribution in [0.1, 0.15) is 0 Å². The summed E-state index contributed by atoms with van der Waals surface area (Å²) in [4.78, 5) is 4.80. The van der Waals surface area contributed by atoms with Crippen molar-refractivity contribution in [1.29, 1.82) is 0 Å². The minimum absolute atomic E-state index is 0. The summed E-state index contributed by atoms with van der Waals surface area (Å²) in [5.41, 5.74) is 11.7. The molecule has 1 heterocycles. The van der Waals surface area contributed by atoms with Crippen molar-refractivity contribution < 1.29 is 0 Å². The van der Waals surface area contributed by atoms with Crippen LogP contribution in [0.3, 0.4) is 0 Å². The van der Waals surface area contributed by atoms with Gasteiger partial charge in [-0.25, -0.2) is 4.98 Å². The molecule has 0 aliphatic carbocycles. The van der Waals surface area contributed by atoms with Gasteiger partial charge in [0.2, 0.25) is 0 Å². The van der Waals surface area contributed by atoms with Gasteiger partial charge in [-0.05, 0) is 47.5 Å². The second-order valence-electron chi connectivity index (χ2n) is 5.70. The van der Waals surface area contributed by atoms with Crippen LogP contribution in [0.15, 0.2) is 78.9 Å². The smallest absolute Gasteiger partial charge is 0.0716 e. The molecule has 0 radical (unpaired) electrons. The van der Waals surface area contributed by atoms with Crippen LogP contribution in [0.5, 0.6) is 0 Å². The average Bonchev–Trinajstić information content (AvgIpc) is 2.62. The molecule has 4 rings (SSSR count). The van der Waals surface area contributed by atoms with Gasteiger partial charge in [0.15, 0.2) is 0 Å². The van der Waals surface area contributed by atoms with E-state index >= 15 is 0 Å². The lowest BCUT2D eigenvalue weighted by Gasteiger charge is -2.11. The van der Waals surface area contributed by atoms with Crippen LogP contribution in [0, 0.1) is 0 Å². The molecule has 25 heavy (non-hydrogen) atoms. The molecule has 0 spiro atoms. The lowest BCUT2D eigenvalue weighted by Crippen LogP contribution is -1.91. The first-order valence-electron chi connectivity index (χ1n) is 7.72. The maximum absolute atomic E-state index is 6.21. The molecule has 0 aliphatic rings. The molecule has 2 nitrogen and oxygen atoms in total. The molecule has 2 N–H and O–H groups in total. The Morgan fingerprint density at radius 1 is 0.760 bits per heavy atom. The van der Waals surface area contributed by atoms with E-state index in [4.69, 9.17) is 22.3 Å². The number of aromatic nitrogens is 1. The third-order valence-electron chi connectivity index (χ3n) is 4.06. The summed E-state index contributed by atoms with van der Waals surface area (Å²) in [7, 11) is 0. The second kappa shape index (κ2) is 7.14. The van der Waals surface area contributed by atoms with Crippen molar-refractivity contribution in [1.82, 2.24) is 4.98 Å². The van der Waals surface area contributed by atoms with Crippen LogP contribution in [-0.2, 0) is 0 Å². The Labute approximate surface area is 157 Å². The maximum atomic E-state index is 6.21. The molecule has 0 saturated carbocycles. The summed E-state index contributed by atoms with van der Waals surface area (Å²) in [5, 5.41) is 1.76. The zero-order chi connectivity index (χ0) is 16.5. The number of hydrogen-bond acceptors (Lipinski definition) is 2. The van der Waals surface area contributed by atoms with E-state index in [1.807, 2.05) is 60.7 Å². The first-order chi connectivity index (χ1) is 11.7. The minimum atomic E-state index is 0. The van der Waals surface area contributed by atoms with Gasteiger partial charge < -0.3 is 5.73 Å². The zero-order valence-electron chi connectivity index (χ0n) is 13.3. The minimum Gasteiger partial charge on any atom is -0.399 e. The normalized spacial score (nSPS) is 10.4. The molecule has 0 fully saturated rings. The Hall–Kier alpha value is -2.55. The molecule has 4 heteroatoms. The van der Waals surface area contributed by atoms with Gasteiger partial charge in [0.25, 0.3) is 0 Å². The molecule has 0 amide bonds. The number of benzene rings is 3. The molecule has 3 aromatic carbocycles. The SMILES string of the molecule is Cl.Nc1ccc(-c2cc(-c3ccccc3)c3cc(Cl)ccc3n2)cc1. The van der Waals surface area contributed by atoms with Gasteiger partial charge in [0, 0.05) is 21.7 Å². The molecule has 0 saturated heterocycles. The first kappa shape index (κ1) is 17.3. The van der Waals surface area contributed by atoms with E-state index in [0.717, 1.165) is 39.0 Å². The lowest BCUT2D eigenvalue weighted by molar-refractivity contribution is 1.40. The van der Waals surface area contributed by atoms with Gasteiger partial charge in [0.05, 0.1) is 11.2 Å². The van der Waals surface area contributed by atoms with E-state index in [9.17, 15) is 0 Å². The quantitative estimate of drug-likeness (QED) is 0.427. The van der Waals surface area contributed by atoms with Crippen LogP contribution in [-0.4, -0.2) is 4.98 Å². The standard InChI is InChI=1S/C21H15ClN2.ClH/c22-16-8-11-20-19(12-16)18(14-4-2-1-3-5-14)13-21(24-20)15-6-9-17(23)10-7-15;/h1-13H,23H2;1H. The van der Waals surface area contributed by atoms with Gasteiger partial charge >= 0.3 is 0 Å². The summed E-state index contributed by atoms with van der Waals surface area (Å²) in [6, 6.07) is 26.0. The Balaban J connectivity index is 0.00000182. The molecule has 1 aromatic heterocycles. The van der Waals surface area contributed by atoms with Crippen LogP contribution in [0.4, 0.5) is 5.69 Å². The molecule has 0 bridgehead atoms. The summed E-state index contributed by atoms with van der Waals surface area (Å²) >= 11 is 6.21. The largest absolute Gasteiger partial charge is 0.399 e. The number of pyridine rings is 1. The predicted octanol–water partition coefficient (Wildman–Crippen LogP) is 6.23. The molecule has 4 aromatic rings. The van der Waals surface area contributed by atoms with E-state index in [2.05, 4.69) is 18.2 Å². The summed E-state index contributed by atoms with van der Waals surface area (Å²) in [5.74, 6) is 0.